The molecule has 4 nitrogen and oxygen atoms in total. The molecular weight excluding hydrogens is 284 g/mol. The highest BCUT2D eigenvalue weighted by atomic mass is 15.3. The smallest absolute Gasteiger partial charge is 0.127 e. The Kier molecular flexibility index (Phi) is 5.13. The van der Waals surface area contributed by atoms with Crippen molar-refractivity contribution in [2.75, 3.05) is 19.6 Å². The van der Waals surface area contributed by atoms with Gasteiger partial charge in [-0.15, -0.1) is 0 Å². The summed E-state index contributed by atoms with van der Waals surface area (Å²) in [5.74, 6) is 1.86. The Morgan fingerprint density at radius 3 is 2.61 bits per heavy atom. The molecule has 1 atom stereocenters. The van der Waals surface area contributed by atoms with Crippen molar-refractivity contribution in [3.05, 3.63) is 53.6 Å². The van der Waals surface area contributed by atoms with Crippen LogP contribution in [0, 0.1) is 5.92 Å². The molecule has 1 unspecified atom stereocenters. The van der Waals surface area contributed by atoms with Crippen molar-refractivity contribution < 1.29 is 0 Å². The lowest BCUT2D eigenvalue weighted by Gasteiger charge is -2.35. The third-order valence-corrected chi connectivity index (χ3v) is 4.56. The maximum Gasteiger partial charge on any atom is 0.127 e. The first-order chi connectivity index (χ1) is 11.1. The highest BCUT2D eigenvalue weighted by molar-refractivity contribution is 5.23. The van der Waals surface area contributed by atoms with Gasteiger partial charge in [0.1, 0.15) is 5.82 Å². The zero-order chi connectivity index (χ0) is 16.2. The first-order valence-corrected chi connectivity index (χ1v) is 8.63. The Morgan fingerprint density at radius 1 is 1.22 bits per heavy atom. The first kappa shape index (κ1) is 16.2. The molecule has 0 amide bonds. The number of hydrogen-bond donors (Lipinski definition) is 1. The molecule has 1 aromatic heterocycles. The van der Waals surface area contributed by atoms with Crippen LogP contribution in [0.3, 0.4) is 0 Å². The molecule has 0 bridgehead atoms. The van der Waals surface area contributed by atoms with Crippen LogP contribution in [0.2, 0.25) is 0 Å². The van der Waals surface area contributed by atoms with Gasteiger partial charge in [0.05, 0.1) is 6.04 Å². The SMILES string of the molecule is CC(C)Cc1ccc(CN2CCNCC2c2nccn2C)cc1. The monoisotopic (exact) mass is 312 g/mol. The van der Waals surface area contributed by atoms with E-state index >= 15 is 0 Å². The molecule has 3 rings (SSSR count). The summed E-state index contributed by atoms with van der Waals surface area (Å²) in [5, 5.41) is 3.50. The summed E-state index contributed by atoms with van der Waals surface area (Å²) in [6.45, 7) is 8.60. The van der Waals surface area contributed by atoms with Gasteiger partial charge < -0.3 is 9.88 Å². The fourth-order valence-corrected chi connectivity index (χ4v) is 3.38. The van der Waals surface area contributed by atoms with Crippen LogP contribution in [0.25, 0.3) is 0 Å². The van der Waals surface area contributed by atoms with Crippen molar-refractivity contribution in [1.29, 1.82) is 0 Å². The van der Waals surface area contributed by atoms with Gasteiger partial charge in [-0.25, -0.2) is 4.98 Å². The van der Waals surface area contributed by atoms with Crippen LogP contribution >= 0.6 is 0 Å². The number of aryl methyl sites for hydroxylation is 1. The fourth-order valence-electron chi connectivity index (χ4n) is 3.38. The van der Waals surface area contributed by atoms with E-state index in [9.17, 15) is 0 Å². The Bertz CT molecular complexity index is 615. The lowest BCUT2D eigenvalue weighted by atomic mass is 10.0. The molecule has 1 N–H and O–H groups in total. The minimum Gasteiger partial charge on any atom is -0.337 e. The molecule has 4 heteroatoms. The summed E-state index contributed by atoms with van der Waals surface area (Å²) >= 11 is 0. The molecule has 0 radical (unpaired) electrons. The molecule has 1 aliphatic heterocycles. The summed E-state index contributed by atoms with van der Waals surface area (Å²) in [6.07, 6.45) is 5.08. The van der Waals surface area contributed by atoms with E-state index in [4.69, 9.17) is 0 Å². The van der Waals surface area contributed by atoms with Crippen LogP contribution in [0.15, 0.2) is 36.7 Å². The third kappa shape index (κ3) is 4.01. The average Bonchev–Trinajstić information content (AvgIpc) is 2.95. The molecule has 0 aliphatic carbocycles. The predicted octanol–water partition coefficient (Wildman–Crippen LogP) is 2.77. The van der Waals surface area contributed by atoms with Gasteiger partial charge in [0.15, 0.2) is 0 Å². The average molecular weight is 312 g/mol. The van der Waals surface area contributed by atoms with Crippen molar-refractivity contribution in [3.8, 4) is 0 Å². The van der Waals surface area contributed by atoms with Gasteiger partial charge in [0.2, 0.25) is 0 Å². The van der Waals surface area contributed by atoms with E-state index in [0.717, 1.165) is 38.4 Å². The molecule has 1 aliphatic rings. The minimum atomic E-state index is 0.346. The van der Waals surface area contributed by atoms with E-state index in [-0.39, 0.29) is 0 Å². The summed E-state index contributed by atoms with van der Waals surface area (Å²) < 4.78 is 2.14. The largest absolute Gasteiger partial charge is 0.337 e. The van der Waals surface area contributed by atoms with E-state index < -0.39 is 0 Å². The van der Waals surface area contributed by atoms with E-state index in [0.29, 0.717) is 12.0 Å². The van der Waals surface area contributed by atoms with Gasteiger partial charge >= 0.3 is 0 Å². The van der Waals surface area contributed by atoms with Gasteiger partial charge in [-0.05, 0) is 23.5 Å². The second-order valence-corrected chi connectivity index (χ2v) is 7.00. The lowest BCUT2D eigenvalue weighted by Crippen LogP contribution is -2.46. The van der Waals surface area contributed by atoms with Crippen molar-refractivity contribution >= 4 is 0 Å². The van der Waals surface area contributed by atoms with Crippen LogP contribution < -0.4 is 5.32 Å². The van der Waals surface area contributed by atoms with Crippen LogP contribution in [0.1, 0.15) is 36.8 Å². The molecule has 1 saturated heterocycles. The maximum absolute atomic E-state index is 4.56. The number of aromatic nitrogens is 2. The number of benzene rings is 1. The van der Waals surface area contributed by atoms with Gasteiger partial charge in [0.25, 0.3) is 0 Å². The fraction of sp³-hybridized carbons (Fsp3) is 0.526. The Morgan fingerprint density at radius 2 is 1.96 bits per heavy atom. The highest BCUT2D eigenvalue weighted by Crippen LogP contribution is 2.23. The normalized spacial score (nSPS) is 19.4. The zero-order valence-corrected chi connectivity index (χ0v) is 14.5. The molecule has 2 heterocycles. The molecule has 1 aromatic carbocycles. The Balaban J connectivity index is 1.71. The van der Waals surface area contributed by atoms with E-state index in [1.165, 1.54) is 11.1 Å². The van der Waals surface area contributed by atoms with Gasteiger partial charge in [0, 0.05) is 45.6 Å². The Hall–Kier alpha value is -1.65. The van der Waals surface area contributed by atoms with E-state index in [2.05, 4.69) is 64.9 Å². The molecule has 0 saturated carbocycles. The second-order valence-electron chi connectivity index (χ2n) is 7.00. The number of nitrogens with zero attached hydrogens (tertiary/aromatic N) is 3. The number of piperazine rings is 1. The minimum absolute atomic E-state index is 0.346. The van der Waals surface area contributed by atoms with Gasteiger partial charge in [-0.3, -0.25) is 4.90 Å². The number of hydrogen-bond acceptors (Lipinski definition) is 3. The van der Waals surface area contributed by atoms with Crippen LogP contribution in [-0.4, -0.2) is 34.1 Å². The van der Waals surface area contributed by atoms with Gasteiger partial charge in [-0.1, -0.05) is 38.1 Å². The zero-order valence-electron chi connectivity index (χ0n) is 14.5. The molecule has 2 aromatic rings. The van der Waals surface area contributed by atoms with Gasteiger partial charge in [-0.2, -0.15) is 0 Å². The summed E-state index contributed by atoms with van der Waals surface area (Å²) in [4.78, 5) is 7.10. The molecule has 124 valence electrons. The second kappa shape index (κ2) is 7.28. The van der Waals surface area contributed by atoms with Crippen molar-refractivity contribution in [2.24, 2.45) is 13.0 Å². The standard InChI is InChI=1S/C19H28N4/c1-15(2)12-16-4-6-17(7-5-16)14-23-11-8-20-13-18(23)19-21-9-10-22(19)3/h4-7,9-10,15,18,20H,8,11-14H2,1-3H3. The van der Waals surface area contributed by atoms with E-state index in [1.54, 1.807) is 0 Å². The van der Waals surface area contributed by atoms with E-state index in [1.807, 2.05) is 12.4 Å². The van der Waals surface area contributed by atoms with Crippen LogP contribution in [-0.2, 0) is 20.0 Å². The van der Waals surface area contributed by atoms with Crippen molar-refractivity contribution in [2.45, 2.75) is 32.9 Å². The van der Waals surface area contributed by atoms with Crippen molar-refractivity contribution in [3.63, 3.8) is 0 Å². The lowest BCUT2D eigenvalue weighted by molar-refractivity contribution is 0.145. The summed E-state index contributed by atoms with van der Waals surface area (Å²) in [7, 11) is 2.08. The van der Waals surface area contributed by atoms with Crippen LogP contribution in [0.4, 0.5) is 0 Å². The highest BCUT2D eigenvalue weighted by Gasteiger charge is 2.26. The number of imidazole rings is 1. The molecule has 23 heavy (non-hydrogen) atoms. The quantitative estimate of drug-likeness (QED) is 0.921. The molecule has 0 spiro atoms. The maximum atomic E-state index is 4.56. The number of rotatable bonds is 5. The summed E-state index contributed by atoms with van der Waals surface area (Å²) in [5.41, 5.74) is 2.82. The van der Waals surface area contributed by atoms with Crippen LogP contribution in [0.5, 0.6) is 0 Å². The topological polar surface area (TPSA) is 33.1 Å². The first-order valence-electron chi connectivity index (χ1n) is 8.63. The molecule has 1 fully saturated rings. The third-order valence-electron chi connectivity index (χ3n) is 4.56. The molecular formula is C19H28N4. The summed E-state index contributed by atoms with van der Waals surface area (Å²) in [6, 6.07) is 9.49. The van der Waals surface area contributed by atoms with Crippen molar-refractivity contribution in [1.82, 2.24) is 19.8 Å². The predicted molar refractivity (Wildman–Crippen MR) is 94.2 cm³/mol. The Labute approximate surface area is 139 Å². The number of nitrogens with one attached hydrogen (secondary N) is 1.